The summed E-state index contributed by atoms with van der Waals surface area (Å²) in [5.41, 5.74) is 5.67. The minimum absolute atomic E-state index is 0.0280. The number of anilines is 1. The number of hydrogen-bond acceptors (Lipinski definition) is 1. The number of nitrogens with zero attached hydrogens (tertiary/aromatic N) is 1. The molecule has 0 radical (unpaired) electrons. The molecule has 4 rings (SSSR count). The summed E-state index contributed by atoms with van der Waals surface area (Å²) in [4.78, 5) is 2.57. The van der Waals surface area contributed by atoms with Crippen molar-refractivity contribution in [3.05, 3.63) is 77.6 Å². The second-order valence-corrected chi connectivity index (χ2v) is 6.47. The van der Waals surface area contributed by atoms with E-state index >= 15 is 0 Å². The molecule has 0 fully saturated rings. The first-order valence-corrected chi connectivity index (χ1v) is 7.83. The number of hydrogen-bond donors (Lipinski definition) is 0. The Labute approximate surface area is 127 Å². The molecule has 3 aliphatic rings. The maximum atomic E-state index is 2.57. The summed E-state index contributed by atoms with van der Waals surface area (Å²) in [6, 6.07) is 8.89. The first-order valence-electron chi connectivity index (χ1n) is 7.83. The molecule has 0 amide bonds. The van der Waals surface area contributed by atoms with Crippen LogP contribution in [0.2, 0.25) is 0 Å². The van der Waals surface area contributed by atoms with Crippen molar-refractivity contribution in [2.24, 2.45) is 0 Å². The number of para-hydroxylation sites is 1. The van der Waals surface area contributed by atoms with E-state index in [0.717, 1.165) is 12.8 Å². The molecule has 0 aromatic heterocycles. The van der Waals surface area contributed by atoms with Crippen LogP contribution in [0.1, 0.15) is 38.2 Å². The maximum absolute atomic E-state index is 2.57. The summed E-state index contributed by atoms with van der Waals surface area (Å²) in [5.74, 6) is 0.450. The topological polar surface area (TPSA) is 3.24 Å². The minimum Gasteiger partial charge on any atom is -0.335 e. The highest BCUT2D eigenvalue weighted by molar-refractivity contribution is 5.72. The molecule has 2 aliphatic carbocycles. The second-order valence-electron chi connectivity index (χ2n) is 6.47. The average molecular weight is 275 g/mol. The van der Waals surface area contributed by atoms with Gasteiger partial charge in [-0.25, -0.2) is 0 Å². The molecule has 1 nitrogen and oxygen atoms in total. The summed E-state index contributed by atoms with van der Waals surface area (Å²) in [6.07, 6.45) is 16.1. The molecule has 2 unspecified atom stereocenters. The highest BCUT2D eigenvalue weighted by Gasteiger charge is 2.47. The van der Waals surface area contributed by atoms with Crippen LogP contribution in [0.3, 0.4) is 0 Å². The van der Waals surface area contributed by atoms with Gasteiger partial charge in [0.25, 0.3) is 0 Å². The fourth-order valence-corrected chi connectivity index (χ4v) is 3.96. The number of fused-ring (bicyclic) bond motifs is 3. The molecule has 0 saturated carbocycles. The lowest BCUT2D eigenvalue weighted by molar-refractivity contribution is 0.517. The smallest absolute Gasteiger partial charge is 0.0709 e. The lowest BCUT2D eigenvalue weighted by atomic mass is 9.78. The normalized spacial score (nSPS) is 29.8. The van der Waals surface area contributed by atoms with Gasteiger partial charge >= 0.3 is 0 Å². The molecule has 0 N–H and O–H groups in total. The van der Waals surface area contributed by atoms with Gasteiger partial charge in [0.15, 0.2) is 0 Å². The van der Waals surface area contributed by atoms with Crippen LogP contribution in [0.4, 0.5) is 5.69 Å². The Morgan fingerprint density at radius 1 is 1.24 bits per heavy atom. The van der Waals surface area contributed by atoms with E-state index in [2.05, 4.69) is 79.5 Å². The lowest BCUT2D eigenvalue weighted by Gasteiger charge is -2.41. The molecule has 21 heavy (non-hydrogen) atoms. The van der Waals surface area contributed by atoms with E-state index in [9.17, 15) is 0 Å². The van der Waals surface area contributed by atoms with Crippen molar-refractivity contribution in [1.82, 2.24) is 0 Å². The molecule has 1 aromatic rings. The fourth-order valence-electron chi connectivity index (χ4n) is 3.96. The van der Waals surface area contributed by atoms with Crippen LogP contribution in [0.15, 0.2) is 72.0 Å². The van der Waals surface area contributed by atoms with Gasteiger partial charge in [-0.2, -0.15) is 0 Å². The summed E-state index contributed by atoms with van der Waals surface area (Å²) in [5, 5.41) is 0. The molecule has 1 heteroatoms. The van der Waals surface area contributed by atoms with Gasteiger partial charge in [0.1, 0.15) is 0 Å². The third-order valence-corrected chi connectivity index (χ3v) is 5.02. The van der Waals surface area contributed by atoms with Crippen LogP contribution in [0, 0.1) is 0 Å². The monoisotopic (exact) mass is 275 g/mol. The van der Waals surface area contributed by atoms with E-state index in [1.165, 1.54) is 22.5 Å². The lowest BCUT2D eigenvalue weighted by Crippen LogP contribution is -2.44. The Bertz CT molecular complexity index is 704. The third kappa shape index (κ3) is 1.77. The van der Waals surface area contributed by atoms with Gasteiger partial charge < -0.3 is 4.90 Å². The highest BCUT2D eigenvalue weighted by atomic mass is 15.2. The van der Waals surface area contributed by atoms with Crippen LogP contribution >= 0.6 is 0 Å². The van der Waals surface area contributed by atoms with Gasteiger partial charge in [0.05, 0.1) is 5.54 Å². The van der Waals surface area contributed by atoms with Gasteiger partial charge in [-0.3, -0.25) is 0 Å². The third-order valence-electron chi connectivity index (χ3n) is 5.02. The Kier molecular flexibility index (Phi) is 2.72. The van der Waals surface area contributed by atoms with E-state index in [4.69, 9.17) is 0 Å². The van der Waals surface area contributed by atoms with Crippen LogP contribution < -0.4 is 4.90 Å². The molecule has 0 bridgehead atoms. The molecule has 0 saturated heterocycles. The van der Waals surface area contributed by atoms with Crippen molar-refractivity contribution in [3.8, 4) is 0 Å². The molecule has 1 aliphatic heterocycles. The van der Waals surface area contributed by atoms with Gasteiger partial charge in [0.2, 0.25) is 0 Å². The van der Waals surface area contributed by atoms with Crippen molar-refractivity contribution in [2.45, 2.75) is 38.1 Å². The van der Waals surface area contributed by atoms with E-state index in [1.54, 1.807) is 0 Å². The van der Waals surface area contributed by atoms with E-state index in [1.807, 2.05) is 0 Å². The van der Waals surface area contributed by atoms with Crippen molar-refractivity contribution in [1.29, 1.82) is 0 Å². The minimum atomic E-state index is 0.0280. The van der Waals surface area contributed by atoms with Crippen LogP contribution in [-0.2, 0) is 0 Å². The quantitative estimate of drug-likeness (QED) is 0.689. The van der Waals surface area contributed by atoms with Crippen molar-refractivity contribution >= 4 is 5.69 Å². The largest absolute Gasteiger partial charge is 0.335 e. The number of rotatable bonds is 1. The van der Waals surface area contributed by atoms with Crippen LogP contribution in [0.25, 0.3) is 0 Å². The summed E-state index contributed by atoms with van der Waals surface area (Å²) < 4.78 is 0. The van der Waals surface area contributed by atoms with E-state index in [0.29, 0.717) is 5.92 Å². The molecule has 2 atom stereocenters. The summed E-state index contributed by atoms with van der Waals surface area (Å²) in [6.45, 7) is 4.57. The first-order chi connectivity index (χ1) is 10.2. The molecule has 0 spiro atoms. The fraction of sp³-hybridized carbons (Fsp3) is 0.300. The highest BCUT2D eigenvalue weighted by Crippen LogP contribution is 2.53. The summed E-state index contributed by atoms with van der Waals surface area (Å²) in [7, 11) is 0. The maximum Gasteiger partial charge on any atom is 0.0709 e. The first kappa shape index (κ1) is 12.7. The number of benzene rings is 1. The second kappa shape index (κ2) is 4.49. The average Bonchev–Trinajstić information content (AvgIpc) is 2.77. The predicted molar refractivity (Wildman–Crippen MR) is 89.4 cm³/mol. The van der Waals surface area contributed by atoms with Crippen molar-refractivity contribution < 1.29 is 0 Å². The zero-order valence-corrected chi connectivity index (χ0v) is 12.7. The molecular formula is C20H21N. The van der Waals surface area contributed by atoms with Gasteiger partial charge in [-0.1, -0.05) is 54.2 Å². The van der Waals surface area contributed by atoms with E-state index < -0.39 is 0 Å². The van der Waals surface area contributed by atoms with Gasteiger partial charge in [-0.15, -0.1) is 0 Å². The van der Waals surface area contributed by atoms with Crippen LogP contribution in [-0.4, -0.2) is 5.54 Å². The Morgan fingerprint density at radius 3 is 2.90 bits per heavy atom. The van der Waals surface area contributed by atoms with Gasteiger partial charge in [0, 0.05) is 17.3 Å². The Hall–Kier alpha value is -2.02. The zero-order chi connectivity index (χ0) is 14.4. The Balaban J connectivity index is 1.92. The van der Waals surface area contributed by atoms with Crippen molar-refractivity contribution in [2.75, 3.05) is 4.90 Å². The van der Waals surface area contributed by atoms with Crippen molar-refractivity contribution in [3.63, 3.8) is 0 Å². The molecule has 106 valence electrons. The SMILES string of the molecule is CC1=CC2c3ccccc3N(C3=CC=CCC3)C2(C)C=C1. The summed E-state index contributed by atoms with van der Waals surface area (Å²) >= 11 is 0. The molecule has 1 heterocycles. The zero-order valence-electron chi connectivity index (χ0n) is 12.7. The van der Waals surface area contributed by atoms with Crippen LogP contribution in [0.5, 0.6) is 0 Å². The van der Waals surface area contributed by atoms with E-state index in [-0.39, 0.29) is 5.54 Å². The number of allylic oxidation sites excluding steroid dienone is 6. The van der Waals surface area contributed by atoms with Gasteiger partial charge in [-0.05, 0) is 44.4 Å². The predicted octanol–water partition coefficient (Wildman–Crippen LogP) is 5.10. The molecule has 1 aromatic carbocycles. The molecular weight excluding hydrogens is 254 g/mol. The Morgan fingerprint density at radius 2 is 2.10 bits per heavy atom. The standard InChI is InChI=1S/C20H21N/c1-15-12-13-20(2)18(14-15)17-10-6-7-11-19(17)21(20)16-8-4-3-5-9-16/h3-4,6-8,10-14,18H,5,9H2,1-2H3.